The van der Waals surface area contributed by atoms with Crippen LogP contribution >= 0.6 is 23.2 Å². The summed E-state index contributed by atoms with van der Waals surface area (Å²) in [4.78, 5) is 12.3. The van der Waals surface area contributed by atoms with Gasteiger partial charge in [0.25, 0.3) is 0 Å². The van der Waals surface area contributed by atoms with E-state index in [1.807, 2.05) is 32.0 Å². The van der Waals surface area contributed by atoms with Gasteiger partial charge >= 0.3 is 0 Å². The average molecular weight is 293 g/mol. The number of carbonyl (C=O) groups excluding carboxylic acids is 1. The molecule has 1 nitrogen and oxygen atoms in total. The van der Waals surface area contributed by atoms with E-state index in [9.17, 15) is 4.79 Å². The van der Waals surface area contributed by atoms with Crippen molar-refractivity contribution in [3.05, 3.63) is 68.7 Å². The van der Waals surface area contributed by atoms with Crippen LogP contribution in [0.2, 0.25) is 10.0 Å². The van der Waals surface area contributed by atoms with E-state index in [-0.39, 0.29) is 12.2 Å². The van der Waals surface area contributed by atoms with Crippen LogP contribution in [-0.4, -0.2) is 5.78 Å². The van der Waals surface area contributed by atoms with E-state index in [4.69, 9.17) is 23.2 Å². The minimum atomic E-state index is 0.0294. The van der Waals surface area contributed by atoms with Crippen molar-refractivity contribution in [1.29, 1.82) is 0 Å². The van der Waals surface area contributed by atoms with Crippen LogP contribution in [0.25, 0.3) is 0 Å². The first-order valence-electron chi connectivity index (χ1n) is 6.02. The van der Waals surface area contributed by atoms with Gasteiger partial charge < -0.3 is 0 Å². The number of hydrogen-bond donors (Lipinski definition) is 0. The fourth-order valence-corrected chi connectivity index (χ4v) is 2.63. The van der Waals surface area contributed by atoms with Gasteiger partial charge in [-0.05, 0) is 43.7 Å². The van der Waals surface area contributed by atoms with Gasteiger partial charge in [-0.1, -0.05) is 46.5 Å². The number of rotatable bonds is 3. The summed E-state index contributed by atoms with van der Waals surface area (Å²) in [7, 11) is 0. The third-order valence-electron chi connectivity index (χ3n) is 2.94. The Labute approximate surface area is 123 Å². The van der Waals surface area contributed by atoms with E-state index in [0.717, 1.165) is 11.1 Å². The Kier molecular flexibility index (Phi) is 4.28. The molecular weight excluding hydrogens is 279 g/mol. The van der Waals surface area contributed by atoms with Crippen LogP contribution in [0.15, 0.2) is 36.4 Å². The first-order chi connectivity index (χ1) is 8.97. The number of aryl methyl sites for hydroxylation is 2. The van der Waals surface area contributed by atoms with Crippen LogP contribution in [0.1, 0.15) is 27.0 Å². The molecule has 0 aromatic heterocycles. The van der Waals surface area contributed by atoms with E-state index < -0.39 is 0 Å². The van der Waals surface area contributed by atoms with Gasteiger partial charge in [-0.15, -0.1) is 0 Å². The smallest absolute Gasteiger partial charge is 0.167 e. The van der Waals surface area contributed by atoms with E-state index in [1.165, 1.54) is 0 Å². The molecule has 2 aromatic carbocycles. The van der Waals surface area contributed by atoms with Gasteiger partial charge in [0.1, 0.15) is 0 Å². The molecule has 98 valence electrons. The Morgan fingerprint density at radius 2 is 1.53 bits per heavy atom. The molecule has 2 rings (SSSR count). The number of halogens is 2. The number of hydrogen-bond acceptors (Lipinski definition) is 1. The molecule has 0 fully saturated rings. The van der Waals surface area contributed by atoms with Gasteiger partial charge in [-0.25, -0.2) is 0 Å². The quantitative estimate of drug-likeness (QED) is 0.725. The van der Waals surface area contributed by atoms with Crippen LogP contribution in [0.5, 0.6) is 0 Å². The third kappa shape index (κ3) is 3.37. The SMILES string of the molecule is Cc1cc(C)cc(C(=O)Cc2c(Cl)cccc2Cl)c1. The van der Waals surface area contributed by atoms with Crippen molar-refractivity contribution < 1.29 is 4.79 Å². The zero-order chi connectivity index (χ0) is 14.0. The molecule has 2 aromatic rings. The number of Topliss-reactive ketones (excluding diaryl/α,β-unsaturated/α-hetero) is 1. The summed E-state index contributed by atoms with van der Waals surface area (Å²) in [6, 6.07) is 11.1. The predicted molar refractivity (Wildman–Crippen MR) is 80.4 cm³/mol. The lowest BCUT2D eigenvalue weighted by Crippen LogP contribution is -2.05. The molecule has 0 aliphatic carbocycles. The molecular formula is C16H14Cl2O. The molecule has 0 N–H and O–H groups in total. The summed E-state index contributed by atoms with van der Waals surface area (Å²) in [6.07, 6.45) is 0.224. The summed E-state index contributed by atoms with van der Waals surface area (Å²) in [5.41, 5.74) is 3.55. The Morgan fingerprint density at radius 3 is 2.05 bits per heavy atom. The second-order valence-corrected chi connectivity index (χ2v) is 5.49. The highest BCUT2D eigenvalue weighted by Crippen LogP contribution is 2.26. The topological polar surface area (TPSA) is 17.1 Å². The third-order valence-corrected chi connectivity index (χ3v) is 3.65. The highest BCUT2D eigenvalue weighted by Gasteiger charge is 2.13. The van der Waals surface area contributed by atoms with Gasteiger partial charge in [-0.2, -0.15) is 0 Å². The van der Waals surface area contributed by atoms with Crippen molar-refractivity contribution in [1.82, 2.24) is 0 Å². The summed E-state index contributed by atoms with van der Waals surface area (Å²) in [5.74, 6) is 0.0294. The minimum Gasteiger partial charge on any atom is -0.294 e. The predicted octanol–water partition coefficient (Wildman–Crippen LogP) is 5.04. The molecule has 3 heteroatoms. The second kappa shape index (κ2) is 5.77. The van der Waals surface area contributed by atoms with Crippen molar-refractivity contribution >= 4 is 29.0 Å². The van der Waals surface area contributed by atoms with Crippen LogP contribution in [0, 0.1) is 13.8 Å². The first-order valence-corrected chi connectivity index (χ1v) is 6.77. The lowest BCUT2D eigenvalue weighted by Gasteiger charge is -2.07. The number of benzene rings is 2. The zero-order valence-corrected chi connectivity index (χ0v) is 12.3. The number of carbonyl (C=O) groups is 1. The monoisotopic (exact) mass is 292 g/mol. The zero-order valence-electron chi connectivity index (χ0n) is 10.8. The molecule has 0 atom stereocenters. The maximum Gasteiger partial charge on any atom is 0.167 e. The Bertz CT molecular complexity index is 592. The van der Waals surface area contributed by atoms with Gasteiger partial charge in [0, 0.05) is 22.0 Å². The van der Waals surface area contributed by atoms with Crippen LogP contribution in [0.3, 0.4) is 0 Å². The van der Waals surface area contributed by atoms with Crippen molar-refractivity contribution in [2.45, 2.75) is 20.3 Å². The fraction of sp³-hybridized carbons (Fsp3) is 0.188. The molecule has 0 heterocycles. The summed E-state index contributed by atoms with van der Waals surface area (Å²) >= 11 is 12.2. The highest BCUT2D eigenvalue weighted by molar-refractivity contribution is 6.36. The number of ketones is 1. The van der Waals surface area contributed by atoms with Gasteiger partial charge in [0.2, 0.25) is 0 Å². The molecule has 0 aliphatic rings. The first kappa shape index (κ1) is 14.1. The standard InChI is InChI=1S/C16H14Cl2O/c1-10-6-11(2)8-12(7-10)16(19)9-13-14(17)4-3-5-15(13)18/h3-8H,9H2,1-2H3. The lowest BCUT2D eigenvalue weighted by molar-refractivity contribution is 0.0993. The molecule has 0 aliphatic heterocycles. The molecule has 0 saturated heterocycles. The summed E-state index contributed by atoms with van der Waals surface area (Å²) in [6.45, 7) is 3.96. The molecule has 0 unspecified atom stereocenters. The van der Waals surface area contributed by atoms with Crippen molar-refractivity contribution in [3.8, 4) is 0 Å². The van der Waals surface area contributed by atoms with E-state index in [2.05, 4.69) is 0 Å². The molecule has 0 radical (unpaired) electrons. The second-order valence-electron chi connectivity index (χ2n) is 4.68. The molecule has 0 amide bonds. The highest BCUT2D eigenvalue weighted by atomic mass is 35.5. The molecule has 0 saturated carbocycles. The Morgan fingerprint density at radius 1 is 1.00 bits per heavy atom. The van der Waals surface area contributed by atoms with Crippen molar-refractivity contribution in [2.24, 2.45) is 0 Å². The van der Waals surface area contributed by atoms with Crippen molar-refractivity contribution in [2.75, 3.05) is 0 Å². The Balaban J connectivity index is 2.31. The Hall–Kier alpha value is -1.31. The van der Waals surface area contributed by atoms with Crippen molar-refractivity contribution in [3.63, 3.8) is 0 Å². The average Bonchev–Trinajstić information content (AvgIpc) is 2.32. The van der Waals surface area contributed by atoms with E-state index >= 15 is 0 Å². The summed E-state index contributed by atoms with van der Waals surface area (Å²) < 4.78 is 0. The van der Waals surface area contributed by atoms with Crippen LogP contribution in [0.4, 0.5) is 0 Å². The summed E-state index contributed by atoms with van der Waals surface area (Å²) in [5, 5.41) is 1.07. The van der Waals surface area contributed by atoms with Crippen LogP contribution in [-0.2, 0) is 6.42 Å². The van der Waals surface area contributed by atoms with Crippen LogP contribution < -0.4 is 0 Å². The molecule has 0 bridgehead atoms. The van der Waals surface area contributed by atoms with E-state index in [0.29, 0.717) is 21.2 Å². The van der Waals surface area contributed by atoms with Gasteiger partial charge in [-0.3, -0.25) is 4.79 Å². The lowest BCUT2D eigenvalue weighted by atomic mass is 9.99. The van der Waals surface area contributed by atoms with Gasteiger partial charge in [0.05, 0.1) is 0 Å². The van der Waals surface area contributed by atoms with Gasteiger partial charge in [0.15, 0.2) is 5.78 Å². The maximum atomic E-state index is 12.3. The fourth-order valence-electron chi connectivity index (χ4n) is 2.10. The maximum absolute atomic E-state index is 12.3. The van der Waals surface area contributed by atoms with E-state index in [1.54, 1.807) is 18.2 Å². The largest absolute Gasteiger partial charge is 0.294 e. The molecule has 19 heavy (non-hydrogen) atoms. The minimum absolute atomic E-state index is 0.0294. The molecule has 0 spiro atoms. The normalized spacial score (nSPS) is 10.5.